The van der Waals surface area contributed by atoms with Gasteiger partial charge in [0.05, 0.1) is 0 Å². The number of hydrogen-bond acceptors (Lipinski definition) is 1. The molecule has 1 N–H and O–H groups in total. The van der Waals surface area contributed by atoms with E-state index in [-0.39, 0.29) is 0 Å². The van der Waals surface area contributed by atoms with Gasteiger partial charge in [-0.3, -0.25) is 0 Å². The highest BCUT2D eigenvalue weighted by molar-refractivity contribution is 5.86. The second kappa shape index (κ2) is 7.61. The van der Waals surface area contributed by atoms with Crippen molar-refractivity contribution >= 4 is 10.8 Å². The smallest absolute Gasteiger partial charge is 0.0300 e. The van der Waals surface area contributed by atoms with Crippen molar-refractivity contribution in [3.05, 3.63) is 48.0 Å². The van der Waals surface area contributed by atoms with E-state index >= 15 is 0 Å². The van der Waals surface area contributed by atoms with Gasteiger partial charge >= 0.3 is 0 Å². The Morgan fingerprint density at radius 3 is 2.33 bits per heavy atom. The van der Waals surface area contributed by atoms with Crippen LogP contribution in [0.25, 0.3) is 10.8 Å². The first-order chi connectivity index (χ1) is 10.2. The first-order valence-corrected chi connectivity index (χ1v) is 8.39. The Kier molecular flexibility index (Phi) is 5.81. The Hall–Kier alpha value is -1.34. The summed E-state index contributed by atoms with van der Waals surface area (Å²) >= 11 is 0. The second-order valence-corrected chi connectivity index (χ2v) is 6.31. The molecule has 2 rings (SSSR count). The normalized spacial score (nSPS) is 15.8. The average molecular weight is 283 g/mol. The minimum Gasteiger partial charge on any atom is -0.307 e. The van der Waals surface area contributed by atoms with Crippen LogP contribution >= 0.6 is 0 Å². The standard InChI is InChI=1S/C20H29N/c1-5-15(3)14-18(6-2)21-16(4)19-13-9-11-17-10-7-8-12-20(17)19/h7-13,15-16,18,21H,5-6,14H2,1-4H3. The van der Waals surface area contributed by atoms with Crippen LogP contribution in [0.1, 0.15) is 58.6 Å². The molecule has 0 spiro atoms. The zero-order valence-electron chi connectivity index (χ0n) is 13.9. The fourth-order valence-corrected chi connectivity index (χ4v) is 3.08. The zero-order valence-corrected chi connectivity index (χ0v) is 13.9. The van der Waals surface area contributed by atoms with E-state index < -0.39 is 0 Å². The fourth-order valence-electron chi connectivity index (χ4n) is 3.08. The van der Waals surface area contributed by atoms with Crippen molar-refractivity contribution in [2.24, 2.45) is 5.92 Å². The fraction of sp³-hybridized carbons (Fsp3) is 0.500. The summed E-state index contributed by atoms with van der Waals surface area (Å²) in [4.78, 5) is 0. The maximum absolute atomic E-state index is 3.84. The predicted molar refractivity (Wildman–Crippen MR) is 93.6 cm³/mol. The van der Waals surface area contributed by atoms with E-state index in [9.17, 15) is 0 Å². The lowest BCUT2D eigenvalue weighted by molar-refractivity contribution is 0.359. The van der Waals surface area contributed by atoms with Crippen LogP contribution in [0.4, 0.5) is 0 Å². The van der Waals surface area contributed by atoms with E-state index in [1.807, 2.05) is 0 Å². The molecule has 3 unspecified atom stereocenters. The molecule has 0 aliphatic carbocycles. The van der Waals surface area contributed by atoms with E-state index in [0.29, 0.717) is 12.1 Å². The van der Waals surface area contributed by atoms with Crippen LogP contribution in [0, 0.1) is 5.92 Å². The molecule has 0 saturated carbocycles. The average Bonchev–Trinajstić information content (AvgIpc) is 2.53. The van der Waals surface area contributed by atoms with Crippen molar-refractivity contribution in [2.75, 3.05) is 0 Å². The molecule has 114 valence electrons. The Bertz CT molecular complexity index is 555. The molecule has 0 bridgehead atoms. The van der Waals surface area contributed by atoms with Gasteiger partial charge in [-0.05, 0) is 42.0 Å². The molecule has 21 heavy (non-hydrogen) atoms. The molecule has 1 nitrogen and oxygen atoms in total. The summed E-state index contributed by atoms with van der Waals surface area (Å²) in [7, 11) is 0. The zero-order chi connectivity index (χ0) is 15.2. The van der Waals surface area contributed by atoms with Gasteiger partial charge in [0.2, 0.25) is 0 Å². The third-order valence-electron chi connectivity index (χ3n) is 4.65. The lowest BCUT2D eigenvalue weighted by Crippen LogP contribution is -2.32. The first-order valence-electron chi connectivity index (χ1n) is 8.39. The van der Waals surface area contributed by atoms with E-state index in [2.05, 4.69) is 75.5 Å². The highest BCUT2D eigenvalue weighted by Crippen LogP contribution is 2.25. The number of nitrogens with one attached hydrogen (secondary N) is 1. The van der Waals surface area contributed by atoms with E-state index in [1.54, 1.807) is 0 Å². The van der Waals surface area contributed by atoms with Gasteiger partial charge in [0.25, 0.3) is 0 Å². The maximum Gasteiger partial charge on any atom is 0.0300 e. The second-order valence-electron chi connectivity index (χ2n) is 6.31. The SMILES string of the molecule is CCC(C)CC(CC)NC(C)c1cccc2ccccc12. The highest BCUT2D eigenvalue weighted by Gasteiger charge is 2.15. The summed E-state index contributed by atoms with van der Waals surface area (Å²) in [6.45, 7) is 9.22. The predicted octanol–water partition coefficient (Wildman–Crippen LogP) is 5.71. The molecule has 0 saturated heterocycles. The number of benzene rings is 2. The lowest BCUT2D eigenvalue weighted by Gasteiger charge is -2.25. The quantitative estimate of drug-likeness (QED) is 0.686. The van der Waals surface area contributed by atoms with Gasteiger partial charge in [-0.25, -0.2) is 0 Å². The minimum absolute atomic E-state index is 0.394. The Morgan fingerprint density at radius 1 is 0.905 bits per heavy atom. The van der Waals surface area contributed by atoms with Gasteiger partial charge in [-0.15, -0.1) is 0 Å². The van der Waals surface area contributed by atoms with Gasteiger partial charge in [-0.1, -0.05) is 69.7 Å². The molecule has 0 fully saturated rings. The van der Waals surface area contributed by atoms with Crippen LogP contribution < -0.4 is 5.32 Å². The molecule has 0 heterocycles. The molecular weight excluding hydrogens is 254 g/mol. The van der Waals surface area contributed by atoms with Crippen LogP contribution in [-0.4, -0.2) is 6.04 Å². The lowest BCUT2D eigenvalue weighted by atomic mass is 9.95. The third kappa shape index (κ3) is 4.07. The van der Waals surface area contributed by atoms with Crippen molar-refractivity contribution in [1.82, 2.24) is 5.32 Å². The molecule has 0 aliphatic heterocycles. The van der Waals surface area contributed by atoms with Crippen molar-refractivity contribution in [3.8, 4) is 0 Å². The molecular formula is C20H29N. The number of fused-ring (bicyclic) bond motifs is 1. The largest absolute Gasteiger partial charge is 0.307 e. The summed E-state index contributed by atoms with van der Waals surface area (Å²) in [6, 6.07) is 16.3. The van der Waals surface area contributed by atoms with Gasteiger partial charge in [-0.2, -0.15) is 0 Å². The monoisotopic (exact) mass is 283 g/mol. The topological polar surface area (TPSA) is 12.0 Å². The highest BCUT2D eigenvalue weighted by atomic mass is 14.9. The summed E-state index contributed by atoms with van der Waals surface area (Å²) in [5.41, 5.74) is 1.41. The summed E-state index contributed by atoms with van der Waals surface area (Å²) < 4.78 is 0. The van der Waals surface area contributed by atoms with E-state index in [0.717, 1.165) is 5.92 Å². The van der Waals surface area contributed by atoms with Crippen molar-refractivity contribution < 1.29 is 0 Å². The molecule has 0 aliphatic rings. The van der Waals surface area contributed by atoms with Crippen LogP contribution in [0.3, 0.4) is 0 Å². The number of hydrogen-bond donors (Lipinski definition) is 1. The summed E-state index contributed by atoms with van der Waals surface area (Å²) in [5.74, 6) is 0.794. The van der Waals surface area contributed by atoms with E-state index in [4.69, 9.17) is 0 Å². The molecule has 1 heteroatoms. The molecule has 0 radical (unpaired) electrons. The minimum atomic E-state index is 0.394. The Balaban J connectivity index is 2.16. The third-order valence-corrected chi connectivity index (χ3v) is 4.65. The molecule has 3 atom stereocenters. The van der Waals surface area contributed by atoms with Crippen molar-refractivity contribution in [1.29, 1.82) is 0 Å². The molecule has 2 aromatic carbocycles. The summed E-state index contributed by atoms with van der Waals surface area (Å²) in [6.07, 6.45) is 3.72. The van der Waals surface area contributed by atoms with Crippen LogP contribution in [-0.2, 0) is 0 Å². The van der Waals surface area contributed by atoms with Gasteiger partial charge < -0.3 is 5.32 Å². The van der Waals surface area contributed by atoms with Crippen molar-refractivity contribution in [2.45, 2.75) is 59.0 Å². The molecule has 2 aromatic rings. The van der Waals surface area contributed by atoms with Crippen LogP contribution in [0.15, 0.2) is 42.5 Å². The van der Waals surface area contributed by atoms with Crippen molar-refractivity contribution in [3.63, 3.8) is 0 Å². The maximum atomic E-state index is 3.84. The Labute approximate surface area is 129 Å². The van der Waals surface area contributed by atoms with Gasteiger partial charge in [0, 0.05) is 12.1 Å². The first kappa shape index (κ1) is 16.0. The molecule has 0 aromatic heterocycles. The number of rotatable bonds is 7. The van der Waals surface area contributed by atoms with E-state index in [1.165, 1.54) is 35.6 Å². The van der Waals surface area contributed by atoms with Gasteiger partial charge in [0.1, 0.15) is 0 Å². The van der Waals surface area contributed by atoms with Crippen LogP contribution in [0.5, 0.6) is 0 Å². The summed E-state index contributed by atoms with van der Waals surface area (Å²) in [5, 5.41) is 6.55. The molecule has 0 amide bonds. The van der Waals surface area contributed by atoms with Crippen LogP contribution in [0.2, 0.25) is 0 Å². The Morgan fingerprint density at radius 2 is 1.62 bits per heavy atom. The van der Waals surface area contributed by atoms with Gasteiger partial charge in [0.15, 0.2) is 0 Å².